The minimum absolute atomic E-state index is 0.289. The maximum absolute atomic E-state index is 13.5. The second-order valence-corrected chi connectivity index (χ2v) is 8.64. The molecule has 0 aromatic carbocycles. The third-order valence-corrected chi connectivity index (χ3v) is 4.53. The van der Waals surface area contributed by atoms with Gasteiger partial charge in [0.15, 0.2) is 0 Å². The molecule has 0 atom stereocenters. The maximum Gasteiger partial charge on any atom is 0.460 e. The van der Waals surface area contributed by atoms with Crippen LogP contribution in [0.1, 0.15) is 33.6 Å². The Morgan fingerprint density at radius 1 is 0.677 bits per heavy atom. The van der Waals surface area contributed by atoms with Crippen LogP contribution in [0, 0.1) is 0 Å². The first-order valence-electron chi connectivity index (χ1n) is 8.20. The van der Waals surface area contributed by atoms with E-state index >= 15 is 0 Å². The number of amides is 1. The van der Waals surface area contributed by atoms with Crippen LogP contribution in [0.2, 0.25) is 0 Å². The molecule has 16 heteroatoms. The summed E-state index contributed by atoms with van der Waals surface area (Å²) in [4.78, 5) is 11.5. The fourth-order valence-electron chi connectivity index (χ4n) is 1.91. The first-order valence-corrected chi connectivity index (χ1v) is 9.35. The number of carbonyl (C=O) groups excluding carboxylic acids is 1. The van der Waals surface area contributed by atoms with E-state index in [2.05, 4.69) is 5.32 Å². The van der Waals surface area contributed by atoms with E-state index < -0.39 is 59.4 Å². The smallest absolute Gasteiger partial charge is 0.351 e. The van der Waals surface area contributed by atoms with Crippen LogP contribution >= 0.6 is 11.8 Å². The van der Waals surface area contributed by atoms with Gasteiger partial charge in [0, 0.05) is 24.1 Å². The van der Waals surface area contributed by atoms with E-state index in [9.17, 15) is 61.9 Å². The Morgan fingerprint density at radius 2 is 1.10 bits per heavy atom. The summed E-state index contributed by atoms with van der Waals surface area (Å²) in [5.74, 6) is -38.7. The van der Waals surface area contributed by atoms with E-state index in [-0.39, 0.29) is 12.2 Å². The third-order valence-electron chi connectivity index (χ3n) is 3.55. The van der Waals surface area contributed by atoms with Crippen molar-refractivity contribution in [3.05, 3.63) is 0 Å². The molecule has 1 N–H and O–H groups in total. The molecular formula is C15H18F13NOS. The molecule has 0 unspecified atom stereocenters. The summed E-state index contributed by atoms with van der Waals surface area (Å²) in [5.41, 5.74) is -0.661. The molecule has 0 heterocycles. The molecule has 0 saturated carbocycles. The molecule has 0 fully saturated rings. The Kier molecular flexibility index (Phi) is 8.72. The molecule has 0 aliphatic carbocycles. The lowest BCUT2D eigenvalue weighted by Crippen LogP contribution is -2.70. The van der Waals surface area contributed by atoms with Crippen molar-refractivity contribution in [1.82, 2.24) is 5.32 Å². The monoisotopic (exact) mass is 507 g/mol. The molecule has 0 aliphatic heterocycles. The zero-order chi connectivity index (χ0) is 25.3. The average Bonchev–Trinajstić information content (AvgIpc) is 2.50. The van der Waals surface area contributed by atoms with E-state index in [1.165, 1.54) is 0 Å². The molecule has 0 saturated heterocycles. The summed E-state index contributed by atoms with van der Waals surface area (Å²) in [6.07, 6.45) is -10.0. The number of alkyl halides is 13. The van der Waals surface area contributed by atoms with E-state index in [1.54, 1.807) is 20.8 Å². The minimum Gasteiger partial charge on any atom is -0.351 e. The summed E-state index contributed by atoms with van der Waals surface area (Å²) < 4.78 is 168. The lowest BCUT2D eigenvalue weighted by atomic mass is 9.93. The number of hydrogen-bond acceptors (Lipinski definition) is 2. The zero-order valence-corrected chi connectivity index (χ0v) is 16.9. The van der Waals surface area contributed by atoms with Crippen LogP contribution in [-0.2, 0) is 4.79 Å². The first kappa shape index (κ1) is 29.9. The maximum atomic E-state index is 13.5. The molecule has 1 amide bonds. The van der Waals surface area contributed by atoms with Crippen LogP contribution in [0.5, 0.6) is 0 Å². The lowest BCUT2D eigenvalue weighted by Gasteiger charge is -2.39. The van der Waals surface area contributed by atoms with Crippen molar-refractivity contribution in [3.8, 4) is 0 Å². The van der Waals surface area contributed by atoms with Gasteiger partial charge < -0.3 is 5.32 Å². The van der Waals surface area contributed by atoms with Crippen molar-refractivity contribution in [3.63, 3.8) is 0 Å². The molecule has 0 aromatic rings. The molecule has 2 nitrogen and oxygen atoms in total. The predicted molar refractivity (Wildman–Crippen MR) is 85.2 cm³/mol. The van der Waals surface area contributed by atoms with Gasteiger partial charge in [-0.3, -0.25) is 4.79 Å². The number of nitrogens with one attached hydrogen (secondary N) is 1. The number of halogens is 13. The van der Waals surface area contributed by atoms with Gasteiger partial charge in [0.2, 0.25) is 5.91 Å². The largest absolute Gasteiger partial charge is 0.460 e. The van der Waals surface area contributed by atoms with E-state index in [4.69, 9.17) is 0 Å². The van der Waals surface area contributed by atoms with E-state index in [1.807, 2.05) is 0 Å². The van der Waals surface area contributed by atoms with Crippen LogP contribution in [0.3, 0.4) is 0 Å². The van der Waals surface area contributed by atoms with Gasteiger partial charge in [0.1, 0.15) is 0 Å². The number of rotatable bonds is 10. The normalized spacial score (nSPS) is 15.2. The standard InChI is InChI=1S/C15H18F13NOS/c1-9(2,3)29-8(30)4-6-31-7-5-10(16,17)11(18,19)12(20,21)13(22,23)14(24,25)15(26,27)28/h4-7H2,1-3H3,(H,29,30). The van der Waals surface area contributed by atoms with Crippen LogP contribution in [-0.4, -0.2) is 58.7 Å². The van der Waals surface area contributed by atoms with Gasteiger partial charge in [-0.15, -0.1) is 0 Å². The number of hydrogen-bond donors (Lipinski definition) is 1. The summed E-state index contributed by atoms with van der Waals surface area (Å²) >= 11 is 0.344. The summed E-state index contributed by atoms with van der Waals surface area (Å²) in [6.45, 7) is 4.79. The predicted octanol–water partition coefficient (Wildman–Crippen LogP) is 6.15. The molecular weight excluding hydrogens is 489 g/mol. The van der Waals surface area contributed by atoms with Crippen LogP contribution < -0.4 is 5.32 Å². The van der Waals surface area contributed by atoms with Crippen molar-refractivity contribution in [2.75, 3.05) is 11.5 Å². The van der Waals surface area contributed by atoms with E-state index in [0.29, 0.717) is 11.8 Å². The molecule has 186 valence electrons. The van der Waals surface area contributed by atoms with Gasteiger partial charge in [-0.05, 0) is 26.5 Å². The third kappa shape index (κ3) is 6.24. The molecule has 0 aromatic heterocycles. The Hall–Kier alpha value is -1.09. The molecule has 0 spiro atoms. The Labute approximate surface area is 172 Å². The first-order chi connectivity index (χ1) is 13.4. The van der Waals surface area contributed by atoms with E-state index in [0.717, 1.165) is 0 Å². The van der Waals surface area contributed by atoms with Gasteiger partial charge in [0.25, 0.3) is 0 Å². The Morgan fingerprint density at radius 3 is 1.48 bits per heavy atom. The topological polar surface area (TPSA) is 29.1 Å². The molecule has 31 heavy (non-hydrogen) atoms. The highest BCUT2D eigenvalue weighted by Gasteiger charge is 2.90. The molecule has 0 aliphatic rings. The van der Waals surface area contributed by atoms with Crippen molar-refractivity contribution >= 4 is 17.7 Å². The zero-order valence-electron chi connectivity index (χ0n) is 16.1. The van der Waals surface area contributed by atoms with Gasteiger partial charge in [-0.1, -0.05) is 0 Å². The Bertz CT molecular complexity index is 625. The highest BCUT2D eigenvalue weighted by molar-refractivity contribution is 7.99. The summed E-state index contributed by atoms with van der Waals surface area (Å²) in [5, 5.41) is 2.45. The SMILES string of the molecule is CC(C)(C)NC(=O)CCSCCC(F)(F)C(F)(F)C(F)(F)C(F)(F)C(F)(F)C(F)(F)F. The van der Waals surface area contributed by atoms with Crippen LogP contribution in [0.15, 0.2) is 0 Å². The average molecular weight is 507 g/mol. The highest BCUT2D eigenvalue weighted by atomic mass is 32.2. The van der Waals surface area contributed by atoms with Gasteiger partial charge in [-0.2, -0.15) is 68.8 Å². The Balaban J connectivity index is 5.28. The summed E-state index contributed by atoms with van der Waals surface area (Å²) in [7, 11) is 0. The van der Waals surface area contributed by atoms with Gasteiger partial charge in [-0.25, -0.2) is 0 Å². The van der Waals surface area contributed by atoms with Crippen molar-refractivity contribution in [2.24, 2.45) is 0 Å². The quantitative estimate of drug-likeness (QED) is 0.284. The highest BCUT2D eigenvalue weighted by Crippen LogP contribution is 2.60. The van der Waals surface area contributed by atoms with Crippen molar-refractivity contribution in [1.29, 1.82) is 0 Å². The minimum atomic E-state index is -7.89. The fourth-order valence-corrected chi connectivity index (χ4v) is 2.84. The summed E-state index contributed by atoms with van der Waals surface area (Å²) in [6, 6.07) is 0. The molecule has 0 radical (unpaired) electrons. The molecule has 0 bridgehead atoms. The van der Waals surface area contributed by atoms with Crippen molar-refractivity contribution < 1.29 is 61.9 Å². The fraction of sp³-hybridized carbons (Fsp3) is 0.933. The molecule has 0 rings (SSSR count). The number of carbonyl (C=O) groups is 1. The second-order valence-electron chi connectivity index (χ2n) is 7.41. The van der Waals surface area contributed by atoms with Gasteiger partial charge in [0.05, 0.1) is 0 Å². The van der Waals surface area contributed by atoms with Crippen molar-refractivity contribution in [2.45, 2.75) is 74.9 Å². The second kappa shape index (κ2) is 9.04. The van der Waals surface area contributed by atoms with Crippen LogP contribution in [0.4, 0.5) is 57.1 Å². The van der Waals surface area contributed by atoms with Crippen LogP contribution in [0.25, 0.3) is 0 Å². The number of thioether (sulfide) groups is 1. The lowest BCUT2D eigenvalue weighted by molar-refractivity contribution is -0.439. The van der Waals surface area contributed by atoms with Gasteiger partial charge >= 0.3 is 35.8 Å².